The van der Waals surface area contributed by atoms with Crippen molar-refractivity contribution < 1.29 is 18.3 Å². The molecule has 24 heavy (non-hydrogen) atoms. The smallest absolute Gasteiger partial charge is 0.341 e. The van der Waals surface area contributed by atoms with Crippen LogP contribution >= 0.6 is 0 Å². The number of anilines is 1. The van der Waals surface area contributed by atoms with Gasteiger partial charge in [0.2, 0.25) is 5.92 Å². The topological polar surface area (TPSA) is 55.3 Å². The van der Waals surface area contributed by atoms with Gasteiger partial charge in [-0.3, -0.25) is 4.98 Å². The third kappa shape index (κ3) is 3.44. The van der Waals surface area contributed by atoms with E-state index >= 15 is 0 Å². The lowest BCUT2D eigenvalue weighted by molar-refractivity contribution is -0.0102. The van der Waals surface area contributed by atoms with Gasteiger partial charge in [0.1, 0.15) is 11.4 Å². The molecular weight excluding hydrogens is 316 g/mol. The van der Waals surface area contributed by atoms with E-state index in [-0.39, 0.29) is 31.6 Å². The maximum atomic E-state index is 13.6. The molecule has 2 aromatic heterocycles. The van der Waals surface area contributed by atoms with Crippen LogP contribution in [0.1, 0.15) is 36.5 Å². The van der Waals surface area contributed by atoms with Crippen LogP contribution in [0.15, 0.2) is 24.4 Å². The Hall–Kier alpha value is -2.31. The summed E-state index contributed by atoms with van der Waals surface area (Å²) in [7, 11) is 0. The van der Waals surface area contributed by atoms with Gasteiger partial charge in [-0.25, -0.2) is 18.6 Å². The van der Waals surface area contributed by atoms with Crippen LogP contribution < -0.4 is 4.90 Å². The van der Waals surface area contributed by atoms with E-state index in [1.54, 1.807) is 36.2 Å². The van der Waals surface area contributed by atoms with E-state index in [2.05, 4.69) is 9.97 Å². The number of carbonyl (C=O) groups excluding carboxylic acids is 1. The number of nitrogens with zero attached hydrogens (tertiary/aromatic N) is 3. The van der Waals surface area contributed by atoms with Crippen molar-refractivity contribution in [1.82, 2.24) is 9.97 Å². The lowest BCUT2D eigenvalue weighted by Crippen LogP contribution is -2.28. The molecule has 7 heteroatoms. The van der Waals surface area contributed by atoms with Gasteiger partial charge in [0.05, 0.1) is 17.6 Å². The molecule has 0 N–H and O–H groups in total. The van der Waals surface area contributed by atoms with Gasteiger partial charge in [-0.1, -0.05) is 0 Å². The number of aromatic nitrogens is 2. The van der Waals surface area contributed by atoms with Crippen LogP contribution in [0.5, 0.6) is 0 Å². The predicted octanol–water partition coefficient (Wildman–Crippen LogP) is 3.43. The van der Waals surface area contributed by atoms with Crippen molar-refractivity contribution in [3.8, 4) is 0 Å². The summed E-state index contributed by atoms with van der Waals surface area (Å²) in [5, 5.41) is 0. The monoisotopic (exact) mass is 335 g/mol. The molecule has 0 spiro atoms. The molecule has 0 atom stereocenters. The standard InChI is InChI=1S/C17H19F2N3O2/c1-2-24-16(23)12-11-14-13(5-3-8-20-14)21-15(12)22-9-4-6-17(18,19)7-10-22/h3,5,8,11H,2,4,6-7,9-10H2,1H3. The Morgan fingerprint density at radius 1 is 1.33 bits per heavy atom. The van der Waals surface area contributed by atoms with Gasteiger partial charge in [0.25, 0.3) is 0 Å². The summed E-state index contributed by atoms with van der Waals surface area (Å²) >= 11 is 0. The van der Waals surface area contributed by atoms with Crippen molar-refractivity contribution >= 4 is 22.8 Å². The highest BCUT2D eigenvalue weighted by atomic mass is 19.3. The lowest BCUT2D eigenvalue weighted by Gasteiger charge is -2.24. The summed E-state index contributed by atoms with van der Waals surface area (Å²) in [6.07, 6.45) is 1.57. The largest absolute Gasteiger partial charge is 0.462 e. The Labute approximate surface area is 138 Å². The molecule has 0 radical (unpaired) electrons. The van der Waals surface area contributed by atoms with E-state index in [9.17, 15) is 13.6 Å². The van der Waals surface area contributed by atoms with E-state index in [0.29, 0.717) is 29.8 Å². The maximum Gasteiger partial charge on any atom is 0.341 e. The Balaban J connectivity index is 2.03. The molecule has 3 rings (SSSR count). The minimum atomic E-state index is -2.67. The Morgan fingerprint density at radius 2 is 2.17 bits per heavy atom. The van der Waals surface area contributed by atoms with Crippen molar-refractivity contribution in [2.45, 2.75) is 32.1 Å². The second-order valence-electron chi connectivity index (χ2n) is 5.82. The van der Waals surface area contributed by atoms with Gasteiger partial charge >= 0.3 is 5.97 Å². The van der Waals surface area contributed by atoms with Crippen LogP contribution in [-0.4, -0.2) is 41.6 Å². The van der Waals surface area contributed by atoms with Gasteiger partial charge in [0.15, 0.2) is 0 Å². The molecule has 0 aromatic carbocycles. The molecule has 0 unspecified atom stereocenters. The highest BCUT2D eigenvalue weighted by Gasteiger charge is 2.33. The summed E-state index contributed by atoms with van der Waals surface area (Å²) in [5.74, 6) is -2.78. The summed E-state index contributed by atoms with van der Waals surface area (Å²) < 4.78 is 32.4. The number of carbonyl (C=O) groups is 1. The highest BCUT2D eigenvalue weighted by Crippen LogP contribution is 2.31. The fourth-order valence-corrected chi connectivity index (χ4v) is 2.87. The summed E-state index contributed by atoms with van der Waals surface area (Å²) in [5.41, 5.74) is 1.47. The van der Waals surface area contributed by atoms with Gasteiger partial charge in [0, 0.05) is 32.1 Å². The first kappa shape index (κ1) is 16.5. The molecule has 1 fully saturated rings. The molecule has 128 valence electrons. The molecule has 1 aliphatic heterocycles. The van der Waals surface area contributed by atoms with Gasteiger partial charge in [-0.05, 0) is 31.5 Å². The lowest BCUT2D eigenvalue weighted by atomic mass is 10.1. The molecule has 3 heterocycles. The van der Waals surface area contributed by atoms with Gasteiger partial charge in [-0.15, -0.1) is 0 Å². The summed E-state index contributed by atoms with van der Waals surface area (Å²) in [6, 6.07) is 5.16. The first-order valence-corrected chi connectivity index (χ1v) is 8.06. The fourth-order valence-electron chi connectivity index (χ4n) is 2.87. The second-order valence-corrected chi connectivity index (χ2v) is 5.82. The summed E-state index contributed by atoms with van der Waals surface area (Å²) in [6.45, 7) is 2.53. The summed E-state index contributed by atoms with van der Waals surface area (Å²) in [4.78, 5) is 22.8. The van der Waals surface area contributed by atoms with Gasteiger partial charge < -0.3 is 9.64 Å². The number of fused-ring (bicyclic) bond motifs is 1. The first-order valence-electron chi connectivity index (χ1n) is 8.06. The van der Waals surface area contributed by atoms with E-state index in [4.69, 9.17) is 4.74 Å². The molecule has 1 aliphatic rings. The molecule has 0 aliphatic carbocycles. The Morgan fingerprint density at radius 3 is 2.96 bits per heavy atom. The zero-order valence-corrected chi connectivity index (χ0v) is 13.5. The van der Waals surface area contributed by atoms with Crippen LogP contribution in [0.3, 0.4) is 0 Å². The number of pyridine rings is 2. The zero-order valence-electron chi connectivity index (χ0n) is 13.5. The number of esters is 1. The van der Waals surface area contributed by atoms with Crippen molar-refractivity contribution in [1.29, 1.82) is 0 Å². The molecule has 0 amide bonds. The average molecular weight is 335 g/mol. The van der Waals surface area contributed by atoms with Crippen LogP contribution in [0.2, 0.25) is 0 Å². The molecule has 0 saturated carbocycles. The number of ether oxygens (including phenoxy) is 1. The van der Waals surface area contributed by atoms with Gasteiger partial charge in [-0.2, -0.15) is 0 Å². The predicted molar refractivity (Wildman–Crippen MR) is 86.5 cm³/mol. The van der Waals surface area contributed by atoms with Crippen LogP contribution in [0, 0.1) is 0 Å². The van der Waals surface area contributed by atoms with E-state index < -0.39 is 11.9 Å². The number of alkyl halides is 2. The normalized spacial score (nSPS) is 17.5. The Kier molecular flexibility index (Phi) is 4.59. The number of hydrogen-bond donors (Lipinski definition) is 0. The molecule has 2 aromatic rings. The molecule has 0 bridgehead atoms. The van der Waals surface area contributed by atoms with Crippen LogP contribution in [-0.2, 0) is 4.74 Å². The zero-order chi connectivity index (χ0) is 17.2. The minimum absolute atomic E-state index is 0.145. The first-order chi connectivity index (χ1) is 11.5. The Bertz CT molecular complexity index is 752. The maximum absolute atomic E-state index is 13.6. The van der Waals surface area contributed by atoms with E-state index in [0.717, 1.165) is 0 Å². The average Bonchev–Trinajstić information content (AvgIpc) is 2.74. The molecule has 1 saturated heterocycles. The van der Waals surface area contributed by atoms with E-state index in [1.165, 1.54) is 0 Å². The van der Waals surface area contributed by atoms with Crippen molar-refractivity contribution in [2.75, 3.05) is 24.6 Å². The quantitative estimate of drug-likeness (QED) is 0.804. The van der Waals surface area contributed by atoms with E-state index in [1.807, 2.05) is 0 Å². The van der Waals surface area contributed by atoms with Crippen LogP contribution in [0.4, 0.5) is 14.6 Å². The van der Waals surface area contributed by atoms with Crippen molar-refractivity contribution in [2.24, 2.45) is 0 Å². The van der Waals surface area contributed by atoms with Crippen LogP contribution in [0.25, 0.3) is 11.0 Å². The number of hydrogen-bond acceptors (Lipinski definition) is 5. The second kappa shape index (κ2) is 6.67. The van der Waals surface area contributed by atoms with Crippen molar-refractivity contribution in [3.05, 3.63) is 30.0 Å². The number of rotatable bonds is 3. The van der Waals surface area contributed by atoms with Crippen molar-refractivity contribution in [3.63, 3.8) is 0 Å². The highest BCUT2D eigenvalue weighted by molar-refractivity contribution is 5.98. The minimum Gasteiger partial charge on any atom is -0.462 e. The SMILES string of the molecule is CCOC(=O)c1cc2ncccc2nc1N1CCCC(F)(F)CC1. The molecular formula is C17H19F2N3O2. The fraction of sp³-hybridized carbons (Fsp3) is 0.471. The molecule has 5 nitrogen and oxygen atoms in total. The number of halogens is 2. The third-order valence-electron chi connectivity index (χ3n) is 4.08. The third-order valence-corrected chi connectivity index (χ3v) is 4.08.